The largest absolute Gasteiger partial charge is 0.508 e. The molecule has 1 aromatic carbocycles. The van der Waals surface area contributed by atoms with Gasteiger partial charge in [-0.15, -0.1) is 0 Å². The zero-order valence-electron chi connectivity index (χ0n) is 80.4. The SMILES string of the molecule is CCC(C)CC(C)CCCCCCCCC(=O)N[C@@H]1C[C@H](O)[C@@H](NCCN)NC(=O)[C@@H]2[C@@H](O)CCN2C(=O)[C@H]([C@H](O)CCN)NC(=O)[C@H]([C@H](O)[C@@H](O)c2ccc(O)cc2)NC(=O)[C@@H]2C[C@@H](O)CN2C(=O)[C@H]([C@@H](C)O)NC1=O.CC[C@@H]1/C=C(\C)[C@H](O)[C@H](C)C[C@H](OC)[C@H]2O[C@@](O)(C(=O)C(=O)N3CCCC[C@H]3C(=O)O[C@H](/C(C)=C/[C@@H]3CC[C@@H](O)[C@H](OC)C3)[C@H](C)[C@@H](O)CC1=O)[C@H](C)C[C@@H]2OC. The number of nitrogens with two attached hydrogens (primary N) is 2. The number of nitrogens with one attached hydrogen (secondary N) is 6. The number of nitrogens with zero attached hydrogens (tertiary/aromatic N) is 3. The fourth-order valence-electron chi connectivity index (χ4n) is 19.6. The van der Waals surface area contributed by atoms with Crippen molar-refractivity contribution in [1.29, 1.82) is 0 Å². The summed E-state index contributed by atoms with van der Waals surface area (Å²) < 4.78 is 29.6. The van der Waals surface area contributed by atoms with Gasteiger partial charge in [0.05, 0.1) is 67.1 Å². The highest BCUT2D eigenvalue weighted by molar-refractivity contribution is 6.39. The molecule has 39 heteroatoms. The molecule has 0 spiro atoms. The first kappa shape index (κ1) is 113. The molecule has 8 amide bonds. The second kappa shape index (κ2) is 54.1. The molecular weight excluding hydrogens is 1740 g/mol. The molecule has 134 heavy (non-hydrogen) atoms. The fourth-order valence-corrected chi connectivity index (χ4v) is 19.6. The van der Waals surface area contributed by atoms with E-state index in [1.54, 1.807) is 40.9 Å². The van der Waals surface area contributed by atoms with Crippen molar-refractivity contribution >= 4 is 64.8 Å². The quantitative estimate of drug-likeness (QED) is 0.0219. The molecular formula is C95H157N11O28. The molecule has 2 bridgehead atoms. The number of aromatic hydroxyl groups is 1. The van der Waals surface area contributed by atoms with E-state index in [9.17, 15) is 114 Å². The van der Waals surface area contributed by atoms with Gasteiger partial charge in [-0.05, 0) is 163 Å². The average Bonchev–Trinajstić information content (AvgIpc) is 1.09. The Morgan fingerprint density at radius 3 is 1.93 bits per heavy atom. The number of hydrogen-bond acceptors (Lipinski definition) is 31. The van der Waals surface area contributed by atoms with Crippen molar-refractivity contribution < 1.29 is 138 Å². The first-order valence-corrected chi connectivity index (χ1v) is 48.2. The summed E-state index contributed by atoms with van der Waals surface area (Å²) in [6, 6.07) is -7.56. The number of hydrogen-bond donors (Lipinski definition) is 20. The summed E-state index contributed by atoms with van der Waals surface area (Å²) in [4.78, 5) is 160. The number of fused-ring (bicyclic) bond motifs is 5. The molecule has 0 radical (unpaired) electrons. The molecule has 39 nitrogen and oxygen atoms in total. The van der Waals surface area contributed by atoms with Crippen molar-refractivity contribution in [3.8, 4) is 5.75 Å². The number of aliphatic hydroxyl groups is 11. The van der Waals surface area contributed by atoms with Crippen LogP contribution in [-0.4, -0.2) is 341 Å². The van der Waals surface area contributed by atoms with Crippen molar-refractivity contribution in [1.82, 2.24) is 46.6 Å². The van der Waals surface area contributed by atoms with Gasteiger partial charge in [-0.3, -0.25) is 53.3 Å². The van der Waals surface area contributed by atoms with E-state index in [-0.39, 0.29) is 107 Å². The number of aliphatic hydroxyl groups excluding tert-OH is 10. The molecule has 1 saturated carbocycles. The molecule has 8 rings (SSSR count). The van der Waals surface area contributed by atoms with Gasteiger partial charge in [0.2, 0.25) is 47.1 Å². The first-order chi connectivity index (χ1) is 63.4. The summed E-state index contributed by atoms with van der Waals surface area (Å²) in [6.45, 7) is 17.3. The van der Waals surface area contributed by atoms with Gasteiger partial charge in [0.15, 0.2) is 0 Å². The summed E-state index contributed by atoms with van der Waals surface area (Å²) >= 11 is 0. The first-order valence-electron chi connectivity index (χ1n) is 48.2. The number of allylic oxidation sites excluding steroid dienone is 2. The van der Waals surface area contributed by atoms with Gasteiger partial charge in [0.1, 0.15) is 84.4 Å². The number of esters is 1. The molecule has 6 heterocycles. The van der Waals surface area contributed by atoms with Gasteiger partial charge in [0, 0.05) is 97.5 Å². The zero-order chi connectivity index (χ0) is 99.4. The average molecular weight is 1900 g/mol. The third-order valence-electron chi connectivity index (χ3n) is 28.1. The number of carbonyl (C=O) groups excluding carboxylic acids is 11. The summed E-state index contributed by atoms with van der Waals surface area (Å²) in [5.41, 5.74) is 12.7. The Morgan fingerprint density at radius 2 is 1.29 bits per heavy atom. The Kier molecular flexibility index (Phi) is 45.7. The van der Waals surface area contributed by atoms with E-state index < -0.39 is 242 Å². The van der Waals surface area contributed by atoms with Crippen LogP contribution in [0.3, 0.4) is 0 Å². The smallest absolute Gasteiger partial charge is 0.329 e. The maximum atomic E-state index is 14.6. The van der Waals surface area contributed by atoms with Gasteiger partial charge in [-0.1, -0.05) is 118 Å². The van der Waals surface area contributed by atoms with E-state index in [4.69, 9.17) is 35.2 Å². The number of rotatable bonds is 29. The Bertz CT molecular complexity index is 4040. The van der Waals surface area contributed by atoms with Gasteiger partial charge < -0.3 is 138 Å². The van der Waals surface area contributed by atoms with E-state index in [0.29, 0.717) is 74.3 Å². The lowest BCUT2D eigenvalue weighted by molar-refractivity contribution is -0.302. The molecule has 22 N–H and O–H groups in total. The Labute approximate surface area is 787 Å². The monoisotopic (exact) mass is 1900 g/mol. The lowest BCUT2D eigenvalue weighted by Gasteiger charge is -2.47. The number of ketones is 2. The maximum absolute atomic E-state index is 14.6. The zero-order valence-corrected chi connectivity index (χ0v) is 80.4. The van der Waals surface area contributed by atoms with Gasteiger partial charge in [-0.2, -0.15) is 0 Å². The number of benzene rings is 1. The van der Waals surface area contributed by atoms with Crippen molar-refractivity contribution in [2.45, 2.75) is 369 Å². The molecule has 6 fully saturated rings. The number of ether oxygens (including phenoxy) is 5. The van der Waals surface area contributed by atoms with Crippen LogP contribution in [0.15, 0.2) is 47.6 Å². The summed E-state index contributed by atoms with van der Waals surface area (Å²) in [7, 11) is 4.49. The highest BCUT2D eigenvalue weighted by Gasteiger charge is 2.58. The predicted octanol–water partition coefficient (Wildman–Crippen LogP) is 0.132. The molecule has 6 aliphatic heterocycles. The Balaban J connectivity index is 0.000000382. The third-order valence-corrected chi connectivity index (χ3v) is 28.1. The van der Waals surface area contributed by atoms with Crippen LogP contribution in [0.2, 0.25) is 0 Å². The van der Waals surface area contributed by atoms with Crippen molar-refractivity contribution in [3.05, 3.63) is 53.1 Å². The van der Waals surface area contributed by atoms with Gasteiger partial charge in [0.25, 0.3) is 11.7 Å². The number of Topliss-reactive ketones (excluding diaryl/α,β-unsaturated/α-hetero) is 2. The summed E-state index contributed by atoms with van der Waals surface area (Å²) in [6.07, 6.45) is -6.33. The van der Waals surface area contributed by atoms with Crippen LogP contribution in [0.5, 0.6) is 5.75 Å². The topological polar surface area (TPSA) is 611 Å². The number of unbranched alkanes of at least 4 members (excludes halogenated alkanes) is 5. The van der Waals surface area contributed by atoms with Crippen LogP contribution < -0.4 is 43.4 Å². The van der Waals surface area contributed by atoms with Crippen LogP contribution >= 0.6 is 0 Å². The second-order valence-electron chi connectivity index (χ2n) is 38.4. The molecule has 31 atom stereocenters. The summed E-state index contributed by atoms with van der Waals surface area (Å²) in [5.74, 6) is -15.0. The van der Waals surface area contributed by atoms with Crippen molar-refractivity contribution in [3.63, 3.8) is 0 Å². The van der Waals surface area contributed by atoms with Gasteiger partial charge >= 0.3 is 5.97 Å². The number of phenols is 1. The predicted molar refractivity (Wildman–Crippen MR) is 490 cm³/mol. The standard InChI is InChI=1S/C52H88N10O15.C43H69NO13/c1-5-28(2)24-29(3)12-10-8-6-7-9-11-13-39(69)56-34-26-38(68)46(55-22-21-54)60-50(75)43-37(67)19-23-61(43)52(77)41(36(66)18-20-53)58-49(74)42(45(71)44(70)31-14-16-32(64)17-15-31)59-48(73)35-25-33(65)27-62(35)51(76)40(30(4)63)57-47(34)72;1-10-29-18-23(2)37(48)24(3)19-35(54-8)39-36(55-9)20-26(5)43(52,57-39)40(49)41(50)44-16-12-11-13-30(44)42(51)56-38(27(6)32(46)22-33(29)47)25(4)17-28-14-15-31(45)34(21-28)53-7/h14-17,28-30,33-38,40-46,55,63-68,70-71H,5-13,18-27,53-54H2,1-4H3,(H,56,69)(H,57,72)(H,58,74)(H,59,73)(H,60,75);17-18,24,26-32,34-39,45-46,48,52H,10-16,19-22H2,1-9H3/b;23-18+,25-17+/t28?,29?,30-,33-,34-,35+,36-,37+,38+,40+,41+,42+,43+,44+,45+,46+;24-,26-,27-,28+,29-,30+,31-,32+,34-,35+,36+,37+,38-,39-,43-/m11/s1. The molecule has 7 aliphatic rings. The van der Waals surface area contributed by atoms with E-state index in [1.807, 2.05) is 19.9 Å². The lowest BCUT2D eigenvalue weighted by Crippen LogP contribution is -2.65. The second-order valence-corrected chi connectivity index (χ2v) is 38.4. The molecule has 0 aromatic heterocycles. The summed E-state index contributed by atoms with van der Waals surface area (Å²) in [5, 5.41) is 150. The number of carbonyl (C=O) groups is 11. The molecule has 2 unspecified atom stereocenters. The maximum Gasteiger partial charge on any atom is 0.329 e. The molecule has 1 aliphatic carbocycles. The Morgan fingerprint density at radius 1 is 0.657 bits per heavy atom. The van der Waals surface area contributed by atoms with E-state index in [1.165, 1.54) is 44.9 Å². The molecule has 5 saturated heterocycles. The van der Waals surface area contributed by atoms with Crippen LogP contribution in [-0.2, 0) is 76.4 Å². The fraction of sp³-hybridized carbons (Fsp3) is 0.779. The van der Waals surface area contributed by atoms with Crippen LogP contribution in [0.25, 0.3) is 0 Å². The molecule has 760 valence electrons. The third kappa shape index (κ3) is 30.7. The van der Waals surface area contributed by atoms with Gasteiger partial charge in [-0.25, -0.2) is 4.79 Å². The minimum absolute atomic E-state index is 0.0255. The lowest BCUT2D eigenvalue weighted by atomic mass is 9.81. The van der Waals surface area contributed by atoms with Crippen molar-refractivity contribution in [2.75, 3.05) is 60.6 Å². The highest BCUT2D eigenvalue weighted by Crippen LogP contribution is 2.41. The number of cyclic esters (lactones) is 1. The normalized spacial score (nSPS) is 34.5. The van der Waals surface area contributed by atoms with E-state index in [0.717, 1.165) is 60.1 Å². The number of methoxy groups -OCH3 is 3. The van der Waals surface area contributed by atoms with E-state index >= 15 is 0 Å². The molecule has 1 aromatic rings. The van der Waals surface area contributed by atoms with Crippen LogP contribution in [0, 0.1) is 41.4 Å². The van der Waals surface area contributed by atoms with E-state index in [2.05, 4.69) is 52.7 Å². The van der Waals surface area contributed by atoms with Crippen LogP contribution in [0.1, 0.15) is 235 Å². The van der Waals surface area contributed by atoms with Crippen molar-refractivity contribution in [2.24, 2.45) is 52.9 Å². The minimum atomic E-state index is -2.57. The number of amides is 8. The minimum Gasteiger partial charge on any atom is -0.508 e. The highest BCUT2D eigenvalue weighted by atomic mass is 16.7. The van der Waals surface area contributed by atoms with Crippen LogP contribution in [0.4, 0.5) is 0 Å². The number of phenolic OH excluding ortho intramolecular Hbond substituents is 1. The Hall–Kier alpha value is -7.65. The number of piperidine rings is 1.